The lowest BCUT2D eigenvalue weighted by Gasteiger charge is -2.15. The van der Waals surface area contributed by atoms with E-state index in [0.717, 1.165) is 24.3 Å². The Morgan fingerprint density at radius 1 is 0.793 bits per heavy atom. The summed E-state index contributed by atoms with van der Waals surface area (Å²) in [6, 6.07) is 0. The lowest BCUT2D eigenvalue weighted by Crippen LogP contribution is -2.03. The molecule has 0 aliphatic carbocycles. The van der Waals surface area contributed by atoms with Gasteiger partial charge >= 0.3 is 15.6 Å². The van der Waals surface area contributed by atoms with Gasteiger partial charge in [-0.1, -0.05) is 51.2 Å². The highest BCUT2D eigenvalue weighted by molar-refractivity contribution is 8.13. The van der Waals surface area contributed by atoms with E-state index in [1.54, 1.807) is 13.8 Å². The highest BCUT2D eigenvalue weighted by atomic mass is 32.2. The molecule has 29 heavy (non-hydrogen) atoms. The summed E-state index contributed by atoms with van der Waals surface area (Å²) in [4.78, 5) is 18.0. The third-order valence-electron chi connectivity index (χ3n) is 2.05. The predicted molar refractivity (Wildman–Crippen MR) is 123 cm³/mol. The minimum atomic E-state index is -4.51. The average Bonchev–Trinajstić information content (AvgIpc) is 2.61. The second-order valence-electron chi connectivity index (χ2n) is 5.11. The van der Waals surface area contributed by atoms with E-state index in [1.807, 2.05) is 0 Å². The Hall–Kier alpha value is -0.100. The Kier molecular flexibility index (Phi) is 24.5. The first-order valence-corrected chi connectivity index (χ1v) is 13.9. The number of nitrogens with two attached hydrogens (primary N) is 2. The minimum Gasteiger partial charge on any atom is -0.379 e. The Morgan fingerprint density at radius 3 is 1.28 bits per heavy atom. The van der Waals surface area contributed by atoms with Crippen LogP contribution >= 0.6 is 39.2 Å². The van der Waals surface area contributed by atoms with E-state index in [-0.39, 0.29) is 23.5 Å². The molecular formula is C14H36N4O7P2S2. The predicted octanol–water partition coefficient (Wildman–Crippen LogP) is 4.10. The van der Waals surface area contributed by atoms with Crippen LogP contribution in [0, 0.1) is 10.8 Å². The number of phosphoric ester groups is 2. The van der Waals surface area contributed by atoms with E-state index >= 15 is 0 Å². The summed E-state index contributed by atoms with van der Waals surface area (Å²) in [6.45, 7) is 7.48. The number of phosphoric acid groups is 2. The number of hydrogen-bond donors (Lipinski definition) is 6. The van der Waals surface area contributed by atoms with Crippen LogP contribution in [0.1, 0.15) is 53.4 Å². The molecule has 0 saturated carbocycles. The van der Waals surface area contributed by atoms with Gasteiger partial charge in [-0.3, -0.25) is 19.9 Å². The first-order chi connectivity index (χ1) is 13.4. The van der Waals surface area contributed by atoms with Crippen LogP contribution in [0.5, 0.6) is 0 Å². The first kappa shape index (κ1) is 33.5. The van der Waals surface area contributed by atoms with Gasteiger partial charge in [0.05, 0.1) is 13.2 Å². The van der Waals surface area contributed by atoms with Crippen LogP contribution in [-0.2, 0) is 22.5 Å². The molecule has 0 aliphatic heterocycles. The standard InChI is InChI=1S/C6H16O7P2.2C4H10N2S/c1-3-5-11-14(7,8)13-15(9,10)12-6-4-2;2*1-2-3-7-4(5)6/h3-6H2,1-2H3,(H,7,8)(H,9,10);2*2-3H2,1H3,(H3,5,6). The van der Waals surface area contributed by atoms with Crippen molar-refractivity contribution in [1.29, 1.82) is 10.8 Å². The topological polar surface area (TPSA) is 202 Å². The van der Waals surface area contributed by atoms with Crippen molar-refractivity contribution in [3.63, 3.8) is 0 Å². The summed E-state index contributed by atoms with van der Waals surface area (Å²) in [5.74, 6) is 1.94. The fraction of sp³-hybridized carbons (Fsp3) is 0.857. The fourth-order valence-corrected chi connectivity index (χ4v) is 4.11. The largest absolute Gasteiger partial charge is 0.481 e. The first-order valence-electron chi connectivity index (χ1n) is 8.96. The molecule has 0 bridgehead atoms. The van der Waals surface area contributed by atoms with Gasteiger partial charge in [-0.05, 0) is 25.7 Å². The zero-order chi connectivity index (χ0) is 23.3. The van der Waals surface area contributed by atoms with Gasteiger partial charge in [-0.15, -0.1) is 0 Å². The van der Waals surface area contributed by atoms with Crippen LogP contribution in [-0.4, -0.2) is 44.8 Å². The number of nitrogens with one attached hydrogen (secondary N) is 2. The molecular weight excluding hydrogens is 462 g/mol. The van der Waals surface area contributed by atoms with Crippen molar-refractivity contribution >= 4 is 49.5 Å². The minimum absolute atomic E-state index is 0.0401. The molecule has 0 radical (unpaired) electrons. The monoisotopic (exact) mass is 498 g/mol. The van der Waals surface area contributed by atoms with Gasteiger partial charge in [0, 0.05) is 11.5 Å². The van der Waals surface area contributed by atoms with Crippen molar-refractivity contribution in [2.75, 3.05) is 24.7 Å². The number of rotatable bonds is 12. The maximum absolute atomic E-state index is 11.1. The highest BCUT2D eigenvalue weighted by Crippen LogP contribution is 2.60. The summed E-state index contributed by atoms with van der Waals surface area (Å²) in [5, 5.41) is 13.9. The summed E-state index contributed by atoms with van der Waals surface area (Å²) in [6.07, 6.45) is 3.15. The van der Waals surface area contributed by atoms with Gasteiger partial charge in [0.2, 0.25) is 0 Å². The molecule has 8 N–H and O–H groups in total. The quantitative estimate of drug-likeness (QED) is 0.128. The Balaban J connectivity index is -0.000000402. The molecule has 0 amide bonds. The van der Waals surface area contributed by atoms with E-state index in [1.165, 1.54) is 23.5 Å². The molecule has 2 atom stereocenters. The summed E-state index contributed by atoms with van der Waals surface area (Å²) >= 11 is 2.78. The number of hydrogen-bond acceptors (Lipinski definition) is 9. The van der Waals surface area contributed by atoms with Gasteiger partial charge in [-0.2, -0.15) is 4.31 Å². The van der Waals surface area contributed by atoms with Gasteiger partial charge in [0.1, 0.15) is 0 Å². The third kappa shape index (κ3) is 32.8. The lowest BCUT2D eigenvalue weighted by molar-refractivity contribution is 0.155. The second-order valence-corrected chi connectivity index (χ2v) is 10.4. The molecule has 0 rings (SSSR count). The number of thioether (sulfide) groups is 2. The molecule has 15 heteroatoms. The summed E-state index contributed by atoms with van der Waals surface area (Å²) in [5.41, 5.74) is 10.0. The SMILES string of the molecule is CCCOP(=O)(O)OP(=O)(O)OCCC.CCCSC(=N)N.CCCSC(=N)N. The Bertz CT molecular complexity index is 486. The fourth-order valence-electron chi connectivity index (χ4n) is 1.01. The maximum atomic E-state index is 11.1. The molecule has 176 valence electrons. The van der Waals surface area contributed by atoms with Gasteiger partial charge in [0.15, 0.2) is 10.3 Å². The van der Waals surface area contributed by atoms with Crippen LogP contribution in [0.2, 0.25) is 0 Å². The van der Waals surface area contributed by atoms with Crippen LogP contribution in [0.15, 0.2) is 0 Å². The van der Waals surface area contributed by atoms with Gasteiger partial charge < -0.3 is 21.3 Å². The normalized spacial score (nSPS) is 14.3. The van der Waals surface area contributed by atoms with Gasteiger partial charge in [-0.25, -0.2) is 9.13 Å². The van der Waals surface area contributed by atoms with Crippen molar-refractivity contribution in [3.8, 4) is 0 Å². The molecule has 11 nitrogen and oxygen atoms in total. The maximum Gasteiger partial charge on any atom is 0.481 e. The summed E-state index contributed by atoms with van der Waals surface area (Å²) < 4.78 is 34.9. The molecule has 0 heterocycles. The lowest BCUT2D eigenvalue weighted by atomic mass is 10.5. The molecule has 0 spiro atoms. The zero-order valence-corrected chi connectivity index (χ0v) is 20.9. The van der Waals surface area contributed by atoms with Crippen molar-refractivity contribution in [1.82, 2.24) is 0 Å². The van der Waals surface area contributed by atoms with Crippen molar-refractivity contribution in [2.24, 2.45) is 11.5 Å². The van der Waals surface area contributed by atoms with Crippen LogP contribution < -0.4 is 11.5 Å². The van der Waals surface area contributed by atoms with Crippen molar-refractivity contribution in [3.05, 3.63) is 0 Å². The smallest absolute Gasteiger partial charge is 0.379 e. The molecule has 2 unspecified atom stereocenters. The van der Waals surface area contributed by atoms with Crippen LogP contribution in [0.4, 0.5) is 0 Å². The van der Waals surface area contributed by atoms with E-state index in [4.69, 9.17) is 32.1 Å². The zero-order valence-electron chi connectivity index (χ0n) is 17.5. The Labute approximate surface area is 182 Å². The average molecular weight is 499 g/mol. The van der Waals surface area contributed by atoms with E-state index in [0.29, 0.717) is 12.8 Å². The van der Waals surface area contributed by atoms with Gasteiger partial charge in [0.25, 0.3) is 0 Å². The van der Waals surface area contributed by atoms with Crippen molar-refractivity contribution < 1.29 is 32.3 Å². The molecule has 0 aromatic heterocycles. The molecule has 0 saturated heterocycles. The van der Waals surface area contributed by atoms with E-state index < -0.39 is 15.6 Å². The Morgan fingerprint density at radius 2 is 1.10 bits per heavy atom. The highest BCUT2D eigenvalue weighted by Gasteiger charge is 2.34. The van der Waals surface area contributed by atoms with Crippen molar-refractivity contribution in [2.45, 2.75) is 53.4 Å². The van der Waals surface area contributed by atoms with Crippen LogP contribution in [0.3, 0.4) is 0 Å². The summed E-state index contributed by atoms with van der Waals surface area (Å²) in [7, 11) is -9.02. The van der Waals surface area contributed by atoms with Crippen LogP contribution in [0.25, 0.3) is 0 Å². The van der Waals surface area contributed by atoms with E-state index in [9.17, 15) is 9.13 Å². The number of amidine groups is 2. The molecule has 0 fully saturated rings. The second kappa shape index (κ2) is 21.1. The molecule has 0 aliphatic rings. The third-order valence-corrected chi connectivity index (χ3v) is 6.56. The molecule has 0 aromatic carbocycles. The molecule has 0 aromatic rings. The van der Waals surface area contributed by atoms with E-state index in [2.05, 4.69) is 27.2 Å².